The van der Waals surface area contributed by atoms with Crippen LogP contribution in [0.4, 0.5) is 0 Å². The summed E-state index contributed by atoms with van der Waals surface area (Å²) in [5, 5.41) is 14.3. The molecular weight excluding hydrogens is 174 g/mol. The number of hydrogen-bond acceptors (Lipinski definition) is 3. The van der Waals surface area contributed by atoms with E-state index in [0.717, 1.165) is 10.9 Å². The van der Waals surface area contributed by atoms with Gasteiger partial charge in [0.15, 0.2) is 0 Å². The number of aliphatic carboxylic acids is 1. The molecule has 1 rings (SSSR count). The Hall–Kier alpha value is -1.85. The molecule has 6 heteroatoms. The number of carboxylic acids is 1. The number of carboxylic acid groups (broad SMARTS) is 1. The molecule has 1 heterocycles. The molecule has 0 spiro atoms. The SMILES string of the molecule is C=CCC(C(=O)O)n1cn[nH]c1=O. The lowest BCUT2D eigenvalue weighted by Gasteiger charge is -2.08. The average Bonchev–Trinajstić information content (AvgIpc) is 2.47. The number of carbonyl (C=O) groups is 1. The van der Waals surface area contributed by atoms with Crippen LogP contribution in [0, 0.1) is 0 Å². The fourth-order valence-electron chi connectivity index (χ4n) is 0.970. The number of allylic oxidation sites excluding steroid dienone is 1. The van der Waals surface area contributed by atoms with Crippen molar-refractivity contribution in [1.82, 2.24) is 14.8 Å². The second-order valence-electron chi connectivity index (χ2n) is 2.45. The second kappa shape index (κ2) is 3.70. The third kappa shape index (κ3) is 1.84. The van der Waals surface area contributed by atoms with E-state index in [9.17, 15) is 9.59 Å². The van der Waals surface area contributed by atoms with Gasteiger partial charge in [-0.2, -0.15) is 5.10 Å². The van der Waals surface area contributed by atoms with Crippen molar-refractivity contribution in [2.45, 2.75) is 12.5 Å². The summed E-state index contributed by atoms with van der Waals surface area (Å²) < 4.78 is 1.02. The van der Waals surface area contributed by atoms with Crippen molar-refractivity contribution in [1.29, 1.82) is 0 Å². The van der Waals surface area contributed by atoms with E-state index in [-0.39, 0.29) is 6.42 Å². The van der Waals surface area contributed by atoms with Crippen LogP contribution in [0.15, 0.2) is 23.8 Å². The number of aromatic amines is 1. The molecule has 0 aromatic carbocycles. The predicted molar refractivity (Wildman–Crippen MR) is 44.3 cm³/mol. The molecule has 0 bridgehead atoms. The number of nitrogens with zero attached hydrogens (tertiary/aromatic N) is 2. The Morgan fingerprint density at radius 2 is 2.62 bits per heavy atom. The van der Waals surface area contributed by atoms with E-state index in [0.29, 0.717) is 0 Å². The first-order valence-corrected chi connectivity index (χ1v) is 3.62. The van der Waals surface area contributed by atoms with E-state index in [1.165, 1.54) is 6.08 Å². The molecule has 0 radical (unpaired) electrons. The normalized spacial score (nSPS) is 12.3. The highest BCUT2D eigenvalue weighted by Gasteiger charge is 2.19. The van der Waals surface area contributed by atoms with Crippen molar-refractivity contribution in [3.8, 4) is 0 Å². The van der Waals surface area contributed by atoms with E-state index in [1.54, 1.807) is 0 Å². The third-order valence-electron chi connectivity index (χ3n) is 1.59. The van der Waals surface area contributed by atoms with E-state index in [4.69, 9.17) is 5.11 Å². The summed E-state index contributed by atoms with van der Waals surface area (Å²) in [6.07, 6.45) is 2.79. The van der Waals surface area contributed by atoms with Crippen LogP contribution in [0.5, 0.6) is 0 Å². The summed E-state index contributed by atoms with van der Waals surface area (Å²) in [7, 11) is 0. The van der Waals surface area contributed by atoms with Crippen molar-refractivity contribution < 1.29 is 9.90 Å². The minimum Gasteiger partial charge on any atom is -0.480 e. The number of H-pyrrole nitrogens is 1. The van der Waals surface area contributed by atoms with Crippen molar-refractivity contribution >= 4 is 5.97 Å². The lowest BCUT2D eigenvalue weighted by molar-refractivity contribution is -0.140. The lowest BCUT2D eigenvalue weighted by Crippen LogP contribution is -2.27. The smallest absolute Gasteiger partial charge is 0.343 e. The fourth-order valence-corrected chi connectivity index (χ4v) is 0.970. The van der Waals surface area contributed by atoms with Gasteiger partial charge in [0, 0.05) is 0 Å². The summed E-state index contributed by atoms with van der Waals surface area (Å²) in [4.78, 5) is 21.7. The largest absolute Gasteiger partial charge is 0.480 e. The quantitative estimate of drug-likeness (QED) is 0.631. The summed E-state index contributed by atoms with van der Waals surface area (Å²) in [6, 6.07) is -0.927. The van der Waals surface area contributed by atoms with Crippen LogP contribution < -0.4 is 5.69 Å². The van der Waals surface area contributed by atoms with E-state index in [1.807, 2.05) is 0 Å². The summed E-state index contributed by atoms with van der Waals surface area (Å²) in [6.45, 7) is 3.41. The van der Waals surface area contributed by atoms with Crippen LogP contribution in [0.25, 0.3) is 0 Å². The summed E-state index contributed by atoms with van der Waals surface area (Å²) in [5.74, 6) is -1.08. The molecule has 0 fully saturated rings. The zero-order valence-corrected chi connectivity index (χ0v) is 6.80. The van der Waals surface area contributed by atoms with Gasteiger partial charge in [-0.15, -0.1) is 6.58 Å². The van der Waals surface area contributed by atoms with E-state index < -0.39 is 17.7 Å². The van der Waals surface area contributed by atoms with E-state index in [2.05, 4.69) is 16.8 Å². The Morgan fingerprint density at radius 3 is 3.00 bits per heavy atom. The van der Waals surface area contributed by atoms with Gasteiger partial charge >= 0.3 is 11.7 Å². The number of hydrogen-bond donors (Lipinski definition) is 2. The fraction of sp³-hybridized carbons (Fsp3) is 0.286. The molecule has 70 valence electrons. The van der Waals surface area contributed by atoms with Crippen LogP contribution in [0.3, 0.4) is 0 Å². The van der Waals surface area contributed by atoms with Crippen LogP contribution in [-0.4, -0.2) is 25.8 Å². The highest BCUT2D eigenvalue weighted by molar-refractivity contribution is 5.71. The Labute approximate surface area is 73.5 Å². The van der Waals surface area contributed by atoms with Gasteiger partial charge in [0.1, 0.15) is 12.4 Å². The van der Waals surface area contributed by atoms with Gasteiger partial charge in [-0.25, -0.2) is 14.7 Å². The van der Waals surface area contributed by atoms with Gasteiger partial charge in [-0.05, 0) is 6.42 Å². The van der Waals surface area contributed by atoms with Crippen LogP contribution in [0.1, 0.15) is 12.5 Å². The molecule has 0 amide bonds. The first kappa shape index (κ1) is 9.24. The molecule has 13 heavy (non-hydrogen) atoms. The topological polar surface area (TPSA) is 88.0 Å². The molecule has 6 nitrogen and oxygen atoms in total. The molecule has 1 aromatic heterocycles. The maximum Gasteiger partial charge on any atom is 0.343 e. The molecule has 0 aliphatic heterocycles. The Balaban J connectivity index is 3.01. The Bertz CT molecular complexity index is 365. The van der Waals surface area contributed by atoms with Crippen LogP contribution in [0.2, 0.25) is 0 Å². The molecule has 1 unspecified atom stereocenters. The van der Waals surface area contributed by atoms with Crippen molar-refractivity contribution in [2.24, 2.45) is 0 Å². The van der Waals surface area contributed by atoms with E-state index >= 15 is 0 Å². The monoisotopic (exact) mass is 183 g/mol. The van der Waals surface area contributed by atoms with Crippen molar-refractivity contribution in [3.05, 3.63) is 29.5 Å². The number of rotatable bonds is 4. The molecule has 0 aliphatic carbocycles. The predicted octanol–water partition coefficient (Wildman–Crippen LogP) is -0.227. The van der Waals surface area contributed by atoms with Gasteiger partial charge < -0.3 is 5.11 Å². The van der Waals surface area contributed by atoms with Crippen molar-refractivity contribution in [3.63, 3.8) is 0 Å². The zero-order valence-electron chi connectivity index (χ0n) is 6.80. The third-order valence-corrected chi connectivity index (χ3v) is 1.59. The molecule has 1 aromatic rings. The highest BCUT2D eigenvalue weighted by Crippen LogP contribution is 2.08. The van der Waals surface area contributed by atoms with Gasteiger partial charge in [0.25, 0.3) is 0 Å². The summed E-state index contributed by atoms with van der Waals surface area (Å²) >= 11 is 0. The maximum absolute atomic E-state index is 11.0. The molecule has 0 saturated carbocycles. The summed E-state index contributed by atoms with van der Waals surface area (Å²) in [5.41, 5.74) is -0.533. The number of aromatic nitrogens is 3. The minimum absolute atomic E-state index is 0.189. The van der Waals surface area contributed by atoms with Gasteiger partial charge in [0.05, 0.1) is 0 Å². The Morgan fingerprint density at radius 1 is 1.92 bits per heavy atom. The molecule has 1 atom stereocenters. The average molecular weight is 183 g/mol. The minimum atomic E-state index is -1.08. The first-order chi connectivity index (χ1) is 6.16. The van der Waals surface area contributed by atoms with Gasteiger partial charge in [-0.3, -0.25) is 4.57 Å². The zero-order chi connectivity index (χ0) is 9.84. The van der Waals surface area contributed by atoms with Crippen molar-refractivity contribution in [2.75, 3.05) is 0 Å². The van der Waals surface area contributed by atoms with Gasteiger partial charge in [-0.1, -0.05) is 6.08 Å². The molecule has 2 N–H and O–H groups in total. The molecule has 0 aliphatic rings. The first-order valence-electron chi connectivity index (χ1n) is 3.62. The van der Waals surface area contributed by atoms with Crippen LogP contribution >= 0.6 is 0 Å². The molecular formula is C7H9N3O3. The van der Waals surface area contributed by atoms with Gasteiger partial charge in [0.2, 0.25) is 0 Å². The van der Waals surface area contributed by atoms with Crippen LogP contribution in [-0.2, 0) is 4.79 Å². The molecule has 0 saturated heterocycles. The Kier molecular flexibility index (Phi) is 2.63. The standard InChI is InChI=1S/C7H9N3O3/c1-2-3-5(6(11)12)10-4-8-9-7(10)13/h2,4-5H,1,3H2,(H,9,13)(H,11,12). The number of nitrogens with one attached hydrogen (secondary N) is 1. The lowest BCUT2D eigenvalue weighted by atomic mass is 10.2. The highest BCUT2D eigenvalue weighted by atomic mass is 16.4. The maximum atomic E-state index is 11.0. The second-order valence-corrected chi connectivity index (χ2v) is 2.45.